The smallest absolute Gasteiger partial charge is 0.134 e. The highest BCUT2D eigenvalue weighted by molar-refractivity contribution is 6.42. The van der Waals surface area contributed by atoms with Crippen LogP contribution in [0.3, 0.4) is 0 Å². The molecule has 0 spiro atoms. The van der Waals surface area contributed by atoms with E-state index in [2.05, 4.69) is 5.43 Å². The van der Waals surface area contributed by atoms with Gasteiger partial charge in [0.05, 0.1) is 16.1 Å². The molecular formula is C13H9Cl2F3N2. The van der Waals surface area contributed by atoms with Crippen LogP contribution in [-0.4, -0.2) is 0 Å². The van der Waals surface area contributed by atoms with Gasteiger partial charge in [0.1, 0.15) is 17.5 Å². The van der Waals surface area contributed by atoms with Gasteiger partial charge in [-0.3, -0.25) is 5.84 Å². The van der Waals surface area contributed by atoms with Crippen molar-refractivity contribution in [3.63, 3.8) is 0 Å². The second kappa shape index (κ2) is 6.01. The van der Waals surface area contributed by atoms with Crippen molar-refractivity contribution in [2.45, 2.75) is 6.04 Å². The summed E-state index contributed by atoms with van der Waals surface area (Å²) in [7, 11) is 0. The Morgan fingerprint density at radius 3 is 2.05 bits per heavy atom. The third-order valence-electron chi connectivity index (χ3n) is 2.78. The van der Waals surface area contributed by atoms with E-state index in [1.54, 1.807) is 0 Å². The largest absolute Gasteiger partial charge is 0.271 e. The van der Waals surface area contributed by atoms with Crippen LogP contribution in [0, 0.1) is 17.5 Å². The van der Waals surface area contributed by atoms with Gasteiger partial charge in [-0.25, -0.2) is 18.6 Å². The van der Waals surface area contributed by atoms with Gasteiger partial charge in [-0.05, 0) is 17.7 Å². The van der Waals surface area contributed by atoms with Crippen LogP contribution in [0.4, 0.5) is 13.2 Å². The maximum absolute atomic E-state index is 13.8. The molecule has 0 aromatic heterocycles. The molecule has 1 atom stereocenters. The molecule has 3 N–H and O–H groups in total. The number of hydrogen-bond donors (Lipinski definition) is 2. The first-order valence-corrected chi connectivity index (χ1v) is 6.25. The molecule has 2 aromatic rings. The summed E-state index contributed by atoms with van der Waals surface area (Å²) in [6.45, 7) is 0. The molecule has 106 valence electrons. The van der Waals surface area contributed by atoms with Crippen molar-refractivity contribution in [1.29, 1.82) is 0 Å². The lowest BCUT2D eigenvalue weighted by molar-refractivity contribution is 0.492. The first kappa shape index (κ1) is 15.1. The van der Waals surface area contributed by atoms with E-state index < -0.39 is 29.1 Å². The number of hydrogen-bond acceptors (Lipinski definition) is 2. The van der Waals surface area contributed by atoms with Crippen molar-refractivity contribution in [2.24, 2.45) is 5.84 Å². The average Bonchev–Trinajstić information content (AvgIpc) is 2.37. The predicted octanol–water partition coefficient (Wildman–Crippen LogP) is 3.96. The highest BCUT2D eigenvalue weighted by atomic mass is 35.5. The summed E-state index contributed by atoms with van der Waals surface area (Å²) < 4.78 is 40.5. The molecule has 2 nitrogen and oxygen atoms in total. The summed E-state index contributed by atoms with van der Waals surface area (Å²) in [5.74, 6) is 2.25. The summed E-state index contributed by atoms with van der Waals surface area (Å²) in [4.78, 5) is 0. The molecule has 0 saturated heterocycles. The number of nitrogens with one attached hydrogen (secondary N) is 1. The second-order valence-electron chi connectivity index (χ2n) is 4.06. The summed E-state index contributed by atoms with van der Waals surface area (Å²) in [5.41, 5.74) is 2.28. The standard InChI is InChI=1S/C13H9Cl2F3N2/c14-8-2-1-6(3-9(8)15)13(20-19)12-10(17)4-7(16)5-11(12)18/h1-5,13,20H,19H2. The van der Waals surface area contributed by atoms with Crippen molar-refractivity contribution in [1.82, 2.24) is 5.43 Å². The molecule has 0 aliphatic heterocycles. The fraction of sp³-hybridized carbons (Fsp3) is 0.0769. The first-order valence-electron chi connectivity index (χ1n) is 5.49. The summed E-state index contributed by atoms with van der Waals surface area (Å²) in [6, 6.07) is 4.56. The van der Waals surface area contributed by atoms with E-state index in [9.17, 15) is 13.2 Å². The van der Waals surface area contributed by atoms with E-state index in [0.717, 1.165) is 0 Å². The molecule has 0 radical (unpaired) electrons. The lowest BCUT2D eigenvalue weighted by atomic mass is 9.98. The van der Waals surface area contributed by atoms with Gasteiger partial charge in [-0.2, -0.15) is 0 Å². The Labute approximate surface area is 123 Å². The minimum absolute atomic E-state index is 0.215. The van der Waals surface area contributed by atoms with Gasteiger partial charge in [-0.1, -0.05) is 29.3 Å². The molecule has 0 heterocycles. The lowest BCUT2D eigenvalue weighted by Crippen LogP contribution is -2.30. The van der Waals surface area contributed by atoms with Crippen LogP contribution in [0.2, 0.25) is 10.0 Å². The molecule has 0 bridgehead atoms. The number of hydrazine groups is 1. The summed E-state index contributed by atoms with van der Waals surface area (Å²) in [5, 5.41) is 0.513. The number of halogens is 5. The van der Waals surface area contributed by atoms with Crippen LogP contribution in [0.1, 0.15) is 17.2 Å². The lowest BCUT2D eigenvalue weighted by Gasteiger charge is -2.19. The van der Waals surface area contributed by atoms with Crippen molar-refractivity contribution in [3.05, 3.63) is 69.0 Å². The molecule has 0 aliphatic carbocycles. The van der Waals surface area contributed by atoms with Gasteiger partial charge in [0.2, 0.25) is 0 Å². The van der Waals surface area contributed by atoms with Crippen LogP contribution in [0.15, 0.2) is 30.3 Å². The number of rotatable bonds is 3. The Kier molecular flexibility index (Phi) is 4.55. The molecule has 0 fully saturated rings. The first-order chi connectivity index (χ1) is 9.43. The fourth-order valence-corrected chi connectivity index (χ4v) is 2.17. The van der Waals surface area contributed by atoms with E-state index in [1.807, 2.05) is 0 Å². The van der Waals surface area contributed by atoms with Gasteiger partial charge < -0.3 is 0 Å². The topological polar surface area (TPSA) is 38.0 Å². The van der Waals surface area contributed by atoms with Crippen molar-refractivity contribution in [2.75, 3.05) is 0 Å². The third-order valence-corrected chi connectivity index (χ3v) is 3.52. The number of benzene rings is 2. The molecule has 0 amide bonds. The Bertz CT molecular complexity index is 627. The SMILES string of the molecule is NNC(c1ccc(Cl)c(Cl)c1)c1c(F)cc(F)cc1F. The van der Waals surface area contributed by atoms with Crippen molar-refractivity contribution >= 4 is 23.2 Å². The van der Waals surface area contributed by atoms with Crippen LogP contribution in [0.5, 0.6) is 0 Å². The Morgan fingerprint density at radius 2 is 1.55 bits per heavy atom. The quantitative estimate of drug-likeness (QED) is 0.663. The maximum atomic E-state index is 13.8. The van der Waals surface area contributed by atoms with E-state index in [1.165, 1.54) is 18.2 Å². The normalized spacial score (nSPS) is 12.5. The Balaban J connectivity index is 2.55. The molecule has 2 aromatic carbocycles. The highest BCUT2D eigenvalue weighted by Crippen LogP contribution is 2.31. The molecule has 2 rings (SSSR count). The number of nitrogens with two attached hydrogens (primary N) is 1. The van der Waals surface area contributed by atoms with Crippen LogP contribution in [0.25, 0.3) is 0 Å². The third kappa shape index (κ3) is 2.91. The zero-order valence-corrected chi connectivity index (χ0v) is 11.4. The minimum Gasteiger partial charge on any atom is -0.271 e. The van der Waals surface area contributed by atoms with E-state index in [4.69, 9.17) is 29.0 Å². The van der Waals surface area contributed by atoms with E-state index in [0.29, 0.717) is 22.7 Å². The van der Waals surface area contributed by atoms with Gasteiger partial charge in [0.15, 0.2) is 0 Å². The van der Waals surface area contributed by atoms with Gasteiger partial charge >= 0.3 is 0 Å². The molecule has 7 heteroatoms. The van der Waals surface area contributed by atoms with Crippen LogP contribution >= 0.6 is 23.2 Å². The summed E-state index contributed by atoms with van der Waals surface area (Å²) >= 11 is 11.6. The van der Waals surface area contributed by atoms with Crippen LogP contribution < -0.4 is 11.3 Å². The average molecular weight is 321 g/mol. The maximum Gasteiger partial charge on any atom is 0.134 e. The Hall–Kier alpha value is -1.27. The molecule has 0 saturated carbocycles. The predicted molar refractivity (Wildman–Crippen MR) is 71.9 cm³/mol. The Morgan fingerprint density at radius 1 is 0.950 bits per heavy atom. The minimum atomic E-state index is -1.04. The molecule has 0 aliphatic rings. The van der Waals surface area contributed by atoms with Crippen molar-refractivity contribution in [3.8, 4) is 0 Å². The highest BCUT2D eigenvalue weighted by Gasteiger charge is 2.22. The van der Waals surface area contributed by atoms with E-state index in [-0.39, 0.29) is 5.02 Å². The van der Waals surface area contributed by atoms with Crippen molar-refractivity contribution < 1.29 is 13.2 Å². The second-order valence-corrected chi connectivity index (χ2v) is 4.87. The monoisotopic (exact) mass is 320 g/mol. The van der Waals surface area contributed by atoms with Crippen LogP contribution in [-0.2, 0) is 0 Å². The zero-order chi connectivity index (χ0) is 14.9. The molecule has 1 unspecified atom stereocenters. The molecular weight excluding hydrogens is 312 g/mol. The van der Waals surface area contributed by atoms with E-state index >= 15 is 0 Å². The van der Waals surface area contributed by atoms with Gasteiger partial charge in [0.25, 0.3) is 0 Å². The van der Waals surface area contributed by atoms with Gasteiger partial charge in [-0.15, -0.1) is 0 Å². The summed E-state index contributed by atoms with van der Waals surface area (Å²) in [6.07, 6.45) is 0. The van der Waals surface area contributed by atoms with Gasteiger partial charge in [0, 0.05) is 17.7 Å². The molecule has 20 heavy (non-hydrogen) atoms. The zero-order valence-electron chi connectivity index (χ0n) is 9.93. The fourth-order valence-electron chi connectivity index (χ4n) is 1.87.